The Bertz CT molecular complexity index is 954. The Kier molecular flexibility index (Phi) is 4.71. The van der Waals surface area contributed by atoms with Crippen LogP contribution in [0.25, 0.3) is 11.3 Å². The van der Waals surface area contributed by atoms with Crippen LogP contribution in [0.15, 0.2) is 59.1 Å². The zero-order valence-electron chi connectivity index (χ0n) is 14.6. The van der Waals surface area contributed by atoms with Gasteiger partial charge in [0.05, 0.1) is 36.1 Å². The summed E-state index contributed by atoms with van der Waals surface area (Å²) >= 11 is 0. The predicted molar refractivity (Wildman–Crippen MR) is 97.1 cm³/mol. The first kappa shape index (κ1) is 17.4. The fraction of sp³-hybridized carbons (Fsp3) is 0.238. The first-order valence-electron chi connectivity index (χ1n) is 8.69. The number of rotatable bonds is 6. The van der Waals surface area contributed by atoms with E-state index in [0.29, 0.717) is 37.5 Å². The predicted octanol–water partition coefficient (Wildman–Crippen LogP) is 3.45. The number of aromatic nitrogens is 1. The van der Waals surface area contributed by atoms with Crippen molar-refractivity contribution in [1.82, 2.24) is 10.5 Å². The van der Waals surface area contributed by atoms with Crippen molar-refractivity contribution in [2.75, 3.05) is 13.2 Å². The average molecular weight is 363 g/mol. The summed E-state index contributed by atoms with van der Waals surface area (Å²) in [6, 6.07) is 17.7. The van der Waals surface area contributed by atoms with Gasteiger partial charge in [0.15, 0.2) is 5.76 Å². The summed E-state index contributed by atoms with van der Waals surface area (Å²) in [6.45, 7) is 1.88. The van der Waals surface area contributed by atoms with Gasteiger partial charge in [0.1, 0.15) is 5.82 Å². The van der Waals surface area contributed by atoms with Crippen molar-refractivity contribution < 1.29 is 13.7 Å². The van der Waals surface area contributed by atoms with E-state index in [0.717, 1.165) is 16.8 Å². The number of nitrogens with one attached hydrogen (secondary N) is 1. The number of hydrogen-bond acceptors (Lipinski definition) is 5. The van der Waals surface area contributed by atoms with Gasteiger partial charge in [0, 0.05) is 24.6 Å². The van der Waals surface area contributed by atoms with E-state index in [-0.39, 0.29) is 11.4 Å². The molecule has 1 N–H and O–H groups in total. The molecular weight excluding hydrogens is 345 g/mol. The van der Waals surface area contributed by atoms with Crippen LogP contribution in [0.4, 0.5) is 4.39 Å². The van der Waals surface area contributed by atoms with Crippen LogP contribution in [-0.4, -0.2) is 23.9 Å². The van der Waals surface area contributed by atoms with Crippen molar-refractivity contribution in [3.63, 3.8) is 0 Å². The second kappa shape index (κ2) is 7.31. The van der Waals surface area contributed by atoms with Gasteiger partial charge in [-0.2, -0.15) is 5.26 Å². The maximum absolute atomic E-state index is 13.1. The summed E-state index contributed by atoms with van der Waals surface area (Å²) in [5, 5.41) is 16.6. The van der Waals surface area contributed by atoms with Crippen molar-refractivity contribution in [1.29, 1.82) is 5.26 Å². The van der Waals surface area contributed by atoms with Gasteiger partial charge in [0.2, 0.25) is 0 Å². The highest BCUT2D eigenvalue weighted by molar-refractivity contribution is 5.57. The Balaban J connectivity index is 1.42. The van der Waals surface area contributed by atoms with Crippen molar-refractivity contribution >= 4 is 0 Å². The van der Waals surface area contributed by atoms with Crippen LogP contribution in [0.2, 0.25) is 0 Å². The van der Waals surface area contributed by atoms with Gasteiger partial charge in [-0.25, -0.2) is 4.39 Å². The molecule has 6 heteroatoms. The molecule has 0 radical (unpaired) electrons. The lowest BCUT2D eigenvalue weighted by atomic mass is 9.90. The SMILES string of the molecule is N#Cc1ccc(CNC2(Cc3cc(-c4ccc(F)cc4)on3)COC2)cc1. The number of nitrogens with zero attached hydrogens (tertiary/aromatic N) is 2. The Morgan fingerprint density at radius 3 is 2.48 bits per heavy atom. The second-order valence-electron chi connectivity index (χ2n) is 6.80. The molecule has 0 atom stereocenters. The Labute approximate surface area is 156 Å². The van der Waals surface area contributed by atoms with Gasteiger partial charge in [-0.05, 0) is 42.0 Å². The largest absolute Gasteiger partial charge is 0.377 e. The van der Waals surface area contributed by atoms with Crippen LogP contribution in [-0.2, 0) is 17.7 Å². The van der Waals surface area contributed by atoms with E-state index in [1.165, 1.54) is 12.1 Å². The smallest absolute Gasteiger partial charge is 0.167 e. The highest BCUT2D eigenvalue weighted by atomic mass is 19.1. The number of hydrogen-bond donors (Lipinski definition) is 1. The molecule has 1 aliphatic rings. The summed E-state index contributed by atoms with van der Waals surface area (Å²) in [5.74, 6) is 0.337. The maximum Gasteiger partial charge on any atom is 0.167 e. The van der Waals surface area contributed by atoms with Crippen LogP contribution in [0.1, 0.15) is 16.8 Å². The van der Waals surface area contributed by atoms with E-state index >= 15 is 0 Å². The quantitative estimate of drug-likeness (QED) is 0.726. The number of ether oxygens (including phenoxy) is 1. The Morgan fingerprint density at radius 2 is 1.85 bits per heavy atom. The van der Waals surface area contributed by atoms with Crippen LogP contribution in [0.5, 0.6) is 0 Å². The van der Waals surface area contributed by atoms with Gasteiger partial charge < -0.3 is 14.6 Å². The molecule has 0 spiro atoms. The fourth-order valence-corrected chi connectivity index (χ4v) is 3.09. The molecule has 3 aromatic rings. The lowest BCUT2D eigenvalue weighted by molar-refractivity contribution is -0.0755. The Hall–Kier alpha value is -3.01. The monoisotopic (exact) mass is 363 g/mol. The minimum Gasteiger partial charge on any atom is -0.377 e. The molecule has 1 aromatic heterocycles. The van der Waals surface area contributed by atoms with E-state index in [1.54, 1.807) is 12.1 Å². The van der Waals surface area contributed by atoms with Crippen molar-refractivity contribution in [2.45, 2.75) is 18.5 Å². The van der Waals surface area contributed by atoms with Crippen molar-refractivity contribution in [3.05, 3.63) is 77.2 Å². The van der Waals surface area contributed by atoms with Gasteiger partial charge in [0.25, 0.3) is 0 Å². The van der Waals surface area contributed by atoms with E-state index in [2.05, 4.69) is 16.5 Å². The van der Waals surface area contributed by atoms with Crippen LogP contribution >= 0.6 is 0 Å². The zero-order valence-corrected chi connectivity index (χ0v) is 14.6. The molecule has 0 aliphatic carbocycles. The standard InChI is InChI=1S/C21H18FN3O2/c22-18-7-5-17(6-8-18)20-9-19(25-27-20)10-21(13-26-14-21)24-12-16-3-1-15(11-23)2-4-16/h1-9,24H,10,12-14H2. The minimum absolute atomic E-state index is 0.190. The topological polar surface area (TPSA) is 71.1 Å². The van der Waals surface area contributed by atoms with Crippen LogP contribution < -0.4 is 5.32 Å². The third-order valence-electron chi connectivity index (χ3n) is 4.71. The second-order valence-corrected chi connectivity index (χ2v) is 6.80. The van der Waals surface area contributed by atoms with E-state index < -0.39 is 0 Å². The summed E-state index contributed by atoms with van der Waals surface area (Å²) in [7, 11) is 0. The minimum atomic E-state index is -0.281. The van der Waals surface area contributed by atoms with E-state index in [4.69, 9.17) is 14.5 Å². The maximum atomic E-state index is 13.1. The number of halogens is 1. The highest BCUT2D eigenvalue weighted by Gasteiger charge is 2.39. The molecule has 1 saturated heterocycles. The molecule has 0 unspecified atom stereocenters. The van der Waals surface area contributed by atoms with Gasteiger partial charge in [-0.1, -0.05) is 17.3 Å². The van der Waals surface area contributed by atoms with Crippen molar-refractivity contribution in [2.24, 2.45) is 0 Å². The molecule has 0 bridgehead atoms. The fourth-order valence-electron chi connectivity index (χ4n) is 3.09. The van der Waals surface area contributed by atoms with Crippen LogP contribution in [0, 0.1) is 17.1 Å². The molecule has 0 amide bonds. The van der Waals surface area contributed by atoms with E-state index in [1.807, 2.05) is 30.3 Å². The molecule has 1 aliphatic heterocycles. The van der Waals surface area contributed by atoms with Crippen LogP contribution in [0.3, 0.4) is 0 Å². The molecule has 0 saturated carbocycles. The third kappa shape index (κ3) is 3.90. The molecule has 2 aromatic carbocycles. The summed E-state index contributed by atoms with van der Waals surface area (Å²) in [6.07, 6.45) is 0.675. The van der Waals surface area contributed by atoms with Gasteiger partial charge in [-0.3, -0.25) is 0 Å². The van der Waals surface area contributed by atoms with Gasteiger partial charge in [-0.15, -0.1) is 0 Å². The molecule has 5 nitrogen and oxygen atoms in total. The number of nitriles is 1. The lowest BCUT2D eigenvalue weighted by Crippen LogP contribution is -2.61. The normalized spacial score (nSPS) is 15.1. The first-order valence-corrected chi connectivity index (χ1v) is 8.69. The van der Waals surface area contributed by atoms with E-state index in [9.17, 15) is 4.39 Å². The van der Waals surface area contributed by atoms with Crippen molar-refractivity contribution in [3.8, 4) is 17.4 Å². The molecule has 4 rings (SSSR count). The molecular formula is C21H18FN3O2. The summed E-state index contributed by atoms with van der Waals surface area (Å²) < 4.78 is 23.9. The van der Waals surface area contributed by atoms with Gasteiger partial charge >= 0.3 is 0 Å². The first-order chi connectivity index (χ1) is 13.2. The highest BCUT2D eigenvalue weighted by Crippen LogP contribution is 2.26. The molecule has 2 heterocycles. The molecule has 136 valence electrons. The number of benzene rings is 2. The Morgan fingerprint density at radius 1 is 1.11 bits per heavy atom. The summed E-state index contributed by atoms with van der Waals surface area (Å²) in [5.41, 5.74) is 3.18. The summed E-state index contributed by atoms with van der Waals surface area (Å²) in [4.78, 5) is 0. The average Bonchev–Trinajstić information content (AvgIpc) is 3.13. The lowest BCUT2D eigenvalue weighted by Gasteiger charge is -2.42. The third-order valence-corrected chi connectivity index (χ3v) is 4.71. The molecule has 1 fully saturated rings. The molecule has 27 heavy (non-hydrogen) atoms. The zero-order chi connectivity index (χ0) is 18.7.